The second kappa shape index (κ2) is 8.83. The predicted octanol–water partition coefficient (Wildman–Crippen LogP) is 7.65. The second-order valence-corrected chi connectivity index (χ2v) is 8.15. The lowest BCUT2D eigenvalue weighted by molar-refractivity contribution is -0.276. The third-order valence-electron chi connectivity index (χ3n) is 6.29. The smallest absolute Gasteiger partial charge is 0.399 e. The third kappa shape index (κ3) is 5.26. The van der Waals surface area contributed by atoms with Crippen LogP contribution in [0.4, 0.5) is 22.0 Å². The number of rotatable bonds is 5. The summed E-state index contributed by atoms with van der Waals surface area (Å²) in [4.78, 5) is 0. The van der Waals surface area contributed by atoms with Gasteiger partial charge >= 0.3 is 6.36 Å². The van der Waals surface area contributed by atoms with Gasteiger partial charge in [-0.3, -0.25) is 0 Å². The minimum atomic E-state index is -5.13. The summed E-state index contributed by atoms with van der Waals surface area (Å²) in [6.45, 7) is 2.23. The maximum Gasteiger partial charge on any atom is 0.573 e. The van der Waals surface area contributed by atoms with Crippen LogP contribution >= 0.6 is 0 Å². The Labute approximate surface area is 163 Å². The highest BCUT2D eigenvalue weighted by molar-refractivity contribution is 5.67. The van der Waals surface area contributed by atoms with Crippen molar-refractivity contribution in [1.29, 1.82) is 0 Å². The molecule has 0 heterocycles. The van der Waals surface area contributed by atoms with Gasteiger partial charge in [0.05, 0.1) is 0 Å². The van der Waals surface area contributed by atoms with Crippen LogP contribution in [-0.4, -0.2) is 6.36 Å². The summed E-state index contributed by atoms with van der Waals surface area (Å²) in [7, 11) is 0. The van der Waals surface area contributed by atoms with E-state index in [-0.39, 0.29) is 0 Å². The molecule has 1 nitrogen and oxygen atoms in total. The van der Waals surface area contributed by atoms with Crippen molar-refractivity contribution in [1.82, 2.24) is 0 Å². The molecule has 28 heavy (non-hydrogen) atoms. The van der Waals surface area contributed by atoms with Crippen molar-refractivity contribution in [3.05, 3.63) is 35.4 Å². The molecule has 0 aromatic heterocycles. The second-order valence-electron chi connectivity index (χ2n) is 8.15. The van der Waals surface area contributed by atoms with Crippen molar-refractivity contribution in [3.8, 4) is 5.75 Å². The Morgan fingerprint density at radius 2 is 1.61 bits per heavy atom. The Hall–Kier alpha value is -1.59. The van der Waals surface area contributed by atoms with Crippen LogP contribution < -0.4 is 4.74 Å². The maximum absolute atomic E-state index is 14.0. The number of hydrogen-bond acceptors (Lipinski definition) is 1. The van der Waals surface area contributed by atoms with Crippen LogP contribution in [0.5, 0.6) is 5.75 Å². The lowest BCUT2D eigenvalue weighted by atomic mass is 9.70. The molecule has 156 valence electrons. The number of alkyl halides is 3. The highest BCUT2D eigenvalue weighted by atomic mass is 19.4. The van der Waals surface area contributed by atoms with E-state index in [2.05, 4.69) is 11.7 Å². The fraction of sp³-hybridized carbons (Fsp3) is 0.636. The van der Waals surface area contributed by atoms with Crippen LogP contribution in [0.25, 0.3) is 5.57 Å². The summed E-state index contributed by atoms with van der Waals surface area (Å²) < 4.78 is 68.2. The van der Waals surface area contributed by atoms with Gasteiger partial charge in [-0.05, 0) is 73.1 Å². The van der Waals surface area contributed by atoms with E-state index in [9.17, 15) is 22.0 Å². The topological polar surface area (TPSA) is 9.23 Å². The van der Waals surface area contributed by atoms with Crippen molar-refractivity contribution in [2.45, 2.75) is 71.1 Å². The Morgan fingerprint density at radius 1 is 0.964 bits per heavy atom. The molecule has 2 aliphatic rings. The summed E-state index contributed by atoms with van der Waals surface area (Å²) in [6, 6.07) is 1.87. The van der Waals surface area contributed by atoms with Gasteiger partial charge in [0.25, 0.3) is 0 Å². The van der Waals surface area contributed by atoms with Gasteiger partial charge in [-0.2, -0.15) is 0 Å². The zero-order valence-electron chi connectivity index (χ0n) is 16.1. The van der Waals surface area contributed by atoms with Gasteiger partial charge in [-0.1, -0.05) is 38.7 Å². The molecule has 0 N–H and O–H groups in total. The largest absolute Gasteiger partial charge is 0.573 e. The van der Waals surface area contributed by atoms with Crippen LogP contribution in [0.2, 0.25) is 0 Å². The third-order valence-corrected chi connectivity index (χ3v) is 6.29. The number of benzene rings is 1. The fourth-order valence-electron chi connectivity index (χ4n) is 4.86. The van der Waals surface area contributed by atoms with E-state index in [1.165, 1.54) is 38.5 Å². The number of halogens is 5. The normalized spacial score (nSPS) is 26.1. The Bertz CT molecular complexity index is 678. The molecule has 1 aromatic rings. The number of hydrogen-bond donors (Lipinski definition) is 0. The van der Waals surface area contributed by atoms with E-state index in [1.807, 2.05) is 6.08 Å². The van der Waals surface area contributed by atoms with E-state index >= 15 is 0 Å². The van der Waals surface area contributed by atoms with E-state index in [0.29, 0.717) is 23.8 Å². The average molecular weight is 402 g/mol. The zero-order chi connectivity index (χ0) is 20.3. The first kappa shape index (κ1) is 21.1. The summed E-state index contributed by atoms with van der Waals surface area (Å²) >= 11 is 0. The highest BCUT2D eigenvalue weighted by Gasteiger charge is 2.34. The van der Waals surface area contributed by atoms with Gasteiger partial charge in [-0.15, -0.1) is 13.2 Å². The Kier molecular flexibility index (Phi) is 6.66. The van der Waals surface area contributed by atoms with Gasteiger partial charge in [0.2, 0.25) is 5.75 Å². The molecule has 6 heteroatoms. The number of ether oxygens (including phenoxy) is 1. The van der Waals surface area contributed by atoms with Crippen molar-refractivity contribution in [3.63, 3.8) is 0 Å². The molecular weight excluding hydrogens is 375 g/mol. The minimum Gasteiger partial charge on any atom is -0.399 e. The molecule has 1 fully saturated rings. The van der Waals surface area contributed by atoms with E-state index < -0.39 is 23.7 Å². The van der Waals surface area contributed by atoms with Gasteiger partial charge in [0, 0.05) is 0 Å². The molecular formula is C22H27F5O. The molecule has 0 bridgehead atoms. The first-order valence-corrected chi connectivity index (χ1v) is 10.2. The molecule has 0 aliphatic heterocycles. The molecule has 0 amide bonds. The summed E-state index contributed by atoms with van der Waals surface area (Å²) in [5.41, 5.74) is 1.10. The summed E-state index contributed by atoms with van der Waals surface area (Å²) in [5, 5.41) is 0. The summed E-state index contributed by atoms with van der Waals surface area (Å²) in [5.74, 6) is -1.89. The first-order valence-electron chi connectivity index (χ1n) is 10.2. The van der Waals surface area contributed by atoms with Crippen molar-refractivity contribution >= 4 is 5.57 Å². The first-order chi connectivity index (χ1) is 13.3. The quantitative estimate of drug-likeness (QED) is 0.460. The molecule has 1 atom stereocenters. The molecule has 1 saturated carbocycles. The zero-order valence-corrected chi connectivity index (χ0v) is 16.1. The van der Waals surface area contributed by atoms with Gasteiger partial charge in [0.15, 0.2) is 11.6 Å². The van der Waals surface area contributed by atoms with E-state index in [0.717, 1.165) is 36.5 Å². The molecule has 0 spiro atoms. The van der Waals surface area contributed by atoms with E-state index in [4.69, 9.17) is 0 Å². The summed E-state index contributed by atoms with van der Waals surface area (Å²) in [6.07, 6.45) is 7.04. The van der Waals surface area contributed by atoms with Crippen LogP contribution in [0.15, 0.2) is 18.2 Å². The van der Waals surface area contributed by atoms with Crippen LogP contribution in [0.1, 0.15) is 70.3 Å². The maximum atomic E-state index is 14.0. The molecule has 2 aliphatic carbocycles. The van der Waals surface area contributed by atoms with Gasteiger partial charge in [-0.25, -0.2) is 8.78 Å². The van der Waals surface area contributed by atoms with Crippen molar-refractivity contribution < 1.29 is 26.7 Å². The monoisotopic (exact) mass is 402 g/mol. The minimum absolute atomic E-state index is 0.301. The van der Waals surface area contributed by atoms with E-state index in [1.54, 1.807) is 0 Å². The number of allylic oxidation sites excluding steroid dienone is 2. The molecule has 0 saturated heterocycles. The van der Waals surface area contributed by atoms with Crippen LogP contribution in [0, 0.1) is 29.4 Å². The lowest BCUT2D eigenvalue weighted by Gasteiger charge is -2.35. The highest BCUT2D eigenvalue weighted by Crippen LogP contribution is 2.42. The predicted molar refractivity (Wildman–Crippen MR) is 98.7 cm³/mol. The van der Waals surface area contributed by atoms with Gasteiger partial charge in [0.1, 0.15) is 0 Å². The standard InChI is InChI=1S/C22H27F5O/c1-2-3-14-4-6-15(7-5-14)16-8-10-17(11-9-16)18-12-19(23)21(20(24)13-18)28-22(25,26)27/h10,12-16H,2-9,11H2,1H3. The van der Waals surface area contributed by atoms with Crippen LogP contribution in [-0.2, 0) is 0 Å². The molecule has 1 aromatic carbocycles. The lowest BCUT2D eigenvalue weighted by Crippen LogP contribution is -2.23. The molecule has 0 radical (unpaired) electrons. The molecule has 1 unspecified atom stereocenters. The van der Waals surface area contributed by atoms with Crippen molar-refractivity contribution in [2.24, 2.45) is 17.8 Å². The fourth-order valence-corrected chi connectivity index (χ4v) is 4.86. The van der Waals surface area contributed by atoms with Crippen molar-refractivity contribution in [2.75, 3.05) is 0 Å². The van der Waals surface area contributed by atoms with Gasteiger partial charge < -0.3 is 4.74 Å². The Balaban J connectivity index is 1.63. The Morgan fingerprint density at radius 3 is 2.11 bits per heavy atom. The SMILES string of the molecule is CCCC1CCC(C2CC=C(c3cc(F)c(OC(F)(F)F)c(F)c3)CC2)CC1. The van der Waals surface area contributed by atoms with Crippen LogP contribution in [0.3, 0.4) is 0 Å². The average Bonchev–Trinajstić information content (AvgIpc) is 2.65. The molecule has 3 rings (SSSR count).